The molecule has 1 saturated carbocycles. The van der Waals surface area contributed by atoms with Crippen molar-refractivity contribution >= 4 is 38.4 Å². The average Bonchev–Trinajstić information content (AvgIpc) is 3.77. The molecule has 1 unspecified atom stereocenters. The molecule has 1 saturated heterocycles. The normalized spacial score (nSPS) is 16.6. The third-order valence-electron chi connectivity index (χ3n) is 8.85. The number of nitrogens with one attached hydrogen (secondary N) is 1. The van der Waals surface area contributed by atoms with Crippen molar-refractivity contribution in [1.29, 1.82) is 0 Å². The summed E-state index contributed by atoms with van der Waals surface area (Å²) < 4.78 is 45.1. The number of ether oxygens (including phenoxy) is 1. The van der Waals surface area contributed by atoms with Crippen LogP contribution in [0.1, 0.15) is 44.9 Å². The first-order chi connectivity index (χ1) is 23.0. The number of esters is 1. The van der Waals surface area contributed by atoms with Gasteiger partial charge in [-0.05, 0) is 56.2 Å². The summed E-state index contributed by atoms with van der Waals surface area (Å²) in [6.45, 7) is 2.64. The monoisotopic (exact) mass is 666 g/mol. The fourth-order valence-corrected chi connectivity index (χ4v) is 6.98. The third kappa shape index (κ3) is 6.33. The number of anilines is 1. The number of carbonyl (C=O) groups excluding carboxylic acids is 2. The molecular formula is C35H31FN6O5S. The van der Waals surface area contributed by atoms with Crippen LogP contribution < -0.4 is 10.2 Å². The Bertz CT molecular complexity index is 2190. The second-order valence-electron chi connectivity index (χ2n) is 12.4. The molecule has 13 heteroatoms. The van der Waals surface area contributed by atoms with Crippen LogP contribution in [0, 0.1) is 18.2 Å². The van der Waals surface area contributed by atoms with Gasteiger partial charge in [0.1, 0.15) is 17.7 Å². The fraction of sp³-hybridized carbons (Fsp3) is 0.257. The topological polar surface area (TPSA) is 144 Å². The minimum atomic E-state index is -3.55. The first kappa shape index (κ1) is 31.3. The fourth-order valence-electron chi connectivity index (χ4n) is 6.05. The summed E-state index contributed by atoms with van der Waals surface area (Å²) in [5.74, 6) is -0.892. The van der Waals surface area contributed by atoms with Crippen molar-refractivity contribution in [2.45, 2.75) is 37.3 Å². The largest absolute Gasteiger partial charge is 0.456 e. The molecule has 1 amide bonds. The Morgan fingerprint density at radius 2 is 1.77 bits per heavy atom. The van der Waals surface area contributed by atoms with E-state index >= 15 is 4.39 Å². The van der Waals surface area contributed by atoms with Gasteiger partial charge in [0.25, 0.3) is 5.91 Å². The van der Waals surface area contributed by atoms with Crippen LogP contribution in [0.5, 0.6) is 0 Å². The van der Waals surface area contributed by atoms with E-state index in [1.807, 2.05) is 17.0 Å². The van der Waals surface area contributed by atoms with Crippen LogP contribution >= 0.6 is 0 Å². The SMILES string of the molecule is Cc1ncc(C(=O)NCc2cc3nc(-c4cc(F)cc(N5CC(OC(=O)c6ccccc6)C6(CC6)C5)n4)ccc3cn2)cc1S(C)(=O)=O. The lowest BCUT2D eigenvalue weighted by Crippen LogP contribution is -2.28. The van der Waals surface area contributed by atoms with Crippen LogP contribution in [0.4, 0.5) is 10.2 Å². The van der Waals surface area contributed by atoms with Gasteiger partial charge in [-0.1, -0.05) is 18.2 Å². The van der Waals surface area contributed by atoms with Crippen LogP contribution in [0.3, 0.4) is 0 Å². The molecule has 48 heavy (non-hydrogen) atoms. The zero-order chi connectivity index (χ0) is 33.6. The molecule has 2 aliphatic rings. The Kier molecular flexibility index (Phi) is 7.86. The summed E-state index contributed by atoms with van der Waals surface area (Å²) in [5, 5.41) is 3.48. The Labute approximate surface area is 276 Å². The number of nitrogens with zero attached hydrogens (tertiary/aromatic N) is 5. The van der Waals surface area contributed by atoms with Gasteiger partial charge < -0.3 is 15.0 Å². The van der Waals surface area contributed by atoms with E-state index < -0.39 is 21.6 Å². The number of benzene rings is 1. The van der Waals surface area contributed by atoms with Gasteiger partial charge in [-0.3, -0.25) is 14.8 Å². The highest BCUT2D eigenvalue weighted by atomic mass is 32.2. The van der Waals surface area contributed by atoms with Gasteiger partial charge >= 0.3 is 5.97 Å². The van der Waals surface area contributed by atoms with Gasteiger partial charge in [0.15, 0.2) is 9.84 Å². The zero-order valence-electron chi connectivity index (χ0n) is 26.2. The second-order valence-corrected chi connectivity index (χ2v) is 14.3. The van der Waals surface area contributed by atoms with Crippen molar-refractivity contribution in [3.8, 4) is 11.4 Å². The number of hydrogen-bond acceptors (Lipinski definition) is 10. The second kappa shape index (κ2) is 12.1. The molecule has 11 nitrogen and oxygen atoms in total. The van der Waals surface area contributed by atoms with Crippen molar-refractivity contribution in [2.24, 2.45) is 5.41 Å². The standard InChI is InChI=1S/C35H31FN6O5S/c1-21-30(48(2,45)46)12-24(17-37-21)33(43)39-18-26-15-28-23(16-38-26)8-9-27(40-28)29-13-25(36)14-32(41-29)42-19-31(35(20-42)10-11-35)47-34(44)22-6-4-3-5-7-22/h3-9,12-17,31H,10-11,18-20H2,1-2H3,(H,39,43). The number of amides is 1. The molecule has 1 aliphatic heterocycles. The molecule has 4 aromatic heterocycles. The smallest absolute Gasteiger partial charge is 0.338 e. The predicted octanol–water partition coefficient (Wildman–Crippen LogP) is 4.69. The van der Waals surface area contributed by atoms with Crippen LogP contribution in [0.15, 0.2) is 84.0 Å². The Balaban J connectivity index is 1.08. The van der Waals surface area contributed by atoms with Crippen molar-refractivity contribution in [1.82, 2.24) is 25.3 Å². The van der Waals surface area contributed by atoms with E-state index in [2.05, 4.69) is 15.3 Å². The number of aromatic nitrogens is 4. The maximum absolute atomic E-state index is 15.0. The number of hydrogen-bond donors (Lipinski definition) is 1. The first-order valence-electron chi connectivity index (χ1n) is 15.4. The molecule has 1 aromatic carbocycles. The maximum atomic E-state index is 15.0. The van der Waals surface area contributed by atoms with Crippen LogP contribution in [0.2, 0.25) is 0 Å². The van der Waals surface area contributed by atoms with Gasteiger partial charge in [-0.2, -0.15) is 0 Å². The summed E-state index contributed by atoms with van der Waals surface area (Å²) in [7, 11) is -3.55. The van der Waals surface area contributed by atoms with E-state index in [-0.39, 0.29) is 34.5 Å². The summed E-state index contributed by atoms with van der Waals surface area (Å²) in [6, 6.07) is 18.2. The summed E-state index contributed by atoms with van der Waals surface area (Å²) >= 11 is 0. The lowest BCUT2D eigenvalue weighted by Gasteiger charge is -2.18. The van der Waals surface area contributed by atoms with Crippen molar-refractivity contribution in [2.75, 3.05) is 24.2 Å². The van der Waals surface area contributed by atoms with Gasteiger partial charge in [-0.25, -0.2) is 27.6 Å². The maximum Gasteiger partial charge on any atom is 0.338 e. The number of fused-ring (bicyclic) bond motifs is 1. The van der Waals surface area contributed by atoms with Crippen LogP contribution in [-0.2, 0) is 21.1 Å². The van der Waals surface area contributed by atoms with E-state index in [0.717, 1.165) is 24.5 Å². The lowest BCUT2D eigenvalue weighted by atomic mass is 10.0. The molecule has 7 rings (SSSR count). The number of carbonyl (C=O) groups is 2. The summed E-state index contributed by atoms with van der Waals surface area (Å²) in [6.07, 6.45) is 5.54. The van der Waals surface area contributed by atoms with Crippen molar-refractivity contribution in [3.05, 3.63) is 107 Å². The Hall–Kier alpha value is -5.30. The van der Waals surface area contributed by atoms with Gasteiger partial charge in [0, 0.05) is 48.1 Å². The molecule has 0 bridgehead atoms. The quantitative estimate of drug-likeness (QED) is 0.232. The van der Waals surface area contributed by atoms with Crippen molar-refractivity contribution in [3.63, 3.8) is 0 Å². The summed E-state index contributed by atoms with van der Waals surface area (Å²) in [5.41, 5.74) is 2.64. The highest BCUT2D eigenvalue weighted by Gasteiger charge is 2.57. The number of pyridine rings is 4. The van der Waals surface area contributed by atoms with E-state index in [1.165, 1.54) is 24.4 Å². The molecule has 5 heterocycles. The molecule has 2 fully saturated rings. The van der Waals surface area contributed by atoms with Crippen molar-refractivity contribution < 1.29 is 27.1 Å². The molecule has 1 atom stereocenters. The number of halogens is 1. The molecule has 1 N–H and O–H groups in total. The predicted molar refractivity (Wildman–Crippen MR) is 176 cm³/mol. The zero-order valence-corrected chi connectivity index (χ0v) is 27.0. The van der Waals surface area contributed by atoms with E-state index in [0.29, 0.717) is 52.8 Å². The van der Waals surface area contributed by atoms with Gasteiger partial charge in [0.05, 0.1) is 57.4 Å². The molecule has 5 aromatic rings. The Morgan fingerprint density at radius 3 is 2.52 bits per heavy atom. The number of aryl methyl sites for hydroxylation is 1. The minimum Gasteiger partial charge on any atom is -0.456 e. The van der Waals surface area contributed by atoms with E-state index in [1.54, 1.807) is 49.5 Å². The van der Waals surface area contributed by atoms with Crippen LogP contribution in [0.25, 0.3) is 22.3 Å². The lowest BCUT2D eigenvalue weighted by molar-refractivity contribution is 0.0215. The Morgan fingerprint density at radius 1 is 0.979 bits per heavy atom. The molecule has 1 aliphatic carbocycles. The highest BCUT2D eigenvalue weighted by Crippen LogP contribution is 2.54. The first-order valence-corrected chi connectivity index (χ1v) is 17.3. The number of sulfone groups is 1. The highest BCUT2D eigenvalue weighted by molar-refractivity contribution is 7.90. The molecule has 0 radical (unpaired) electrons. The van der Waals surface area contributed by atoms with Gasteiger partial charge in [0.2, 0.25) is 0 Å². The van der Waals surface area contributed by atoms with Crippen LogP contribution in [-0.4, -0.2) is 65.7 Å². The molecule has 244 valence electrons. The minimum absolute atomic E-state index is 0.00656. The van der Waals surface area contributed by atoms with E-state index in [4.69, 9.17) is 14.7 Å². The number of rotatable bonds is 8. The third-order valence-corrected chi connectivity index (χ3v) is 10.1. The molecule has 1 spiro atoms. The van der Waals surface area contributed by atoms with Gasteiger partial charge in [-0.15, -0.1) is 0 Å². The molecular weight excluding hydrogens is 635 g/mol. The van der Waals surface area contributed by atoms with E-state index in [9.17, 15) is 18.0 Å². The summed E-state index contributed by atoms with van der Waals surface area (Å²) in [4.78, 5) is 45.5. The average molecular weight is 667 g/mol.